The van der Waals surface area contributed by atoms with Gasteiger partial charge in [-0.15, -0.1) is 0 Å². The average molecular weight is 397 g/mol. The van der Waals surface area contributed by atoms with Crippen molar-refractivity contribution < 1.29 is 28.4 Å². The minimum atomic E-state index is -1.97. The summed E-state index contributed by atoms with van der Waals surface area (Å²) in [6, 6.07) is 2.88. The number of hydrogen-bond donors (Lipinski definition) is 0. The maximum absolute atomic E-state index is 14.2. The Labute approximate surface area is 164 Å². The first kappa shape index (κ1) is 23.5. The Morgan fingerprint density at radius 1 is 0.964 bits per heavy atom. The van der Waals surface area contributed by atoms with Crippen LogP contribution in [0.1, 0.15) is 54.0 Å². The van der Waals surface area contributed by atoms with Crippen LogP contribution in [0.25, 0.3) is 0 Å². The summed E-state index contributed by atoms with van der Waals surface area (Å²) in [6.45, 7) is 12.4. The van der Waals surface area contributed by atoms with Gasteiger partial charge in [0.2, 0.25) is 5.82 Å². The summed E-state index contributed by atoms with van der Waals surface area (Å²) in [5, 5.41) is 10.9. The largest absolute Gasteiger partial charge is 0.464 e. The molecule has 0 saturated carbocycles. The smallest absolute Gasteiger partial charge is 0.327 e. The second-order valence-electron chi connectivity index (χ2n) is 9.32. The highest BCUT2D eigenvalue weighted by Gasteiger charge is 2.47. The highest BCUT2D eigenvalue weighted by molar-refractivity contribution is 6.06. The summed E-state index contributed by atoms with van der Waals surface area (Å²) in [5.74, 6) is -2.97. The second-order valence-corrected chi connectivity index (χ2v) is 9.32. The number of nitro groups is 1. The van der Waals surface area contributed by atoms with Crippen molar-refractivity contribution in [1.29, 1.82) is 0 Å². The van der Waals surface area contributed by atoms with E-state index in [0.717, 1.165) is 18.2 Å². The molecule has 0 N–H and O–H groups in total. The molecule has 1 aromatic rings. The molecule has 0 fully saturated rings. The van der Waals surface area contributed by atoms with E-state index in [0.29, 0.717) is 0 Å². The molecule has 156 valence electrons. The highest BCUT2D eigenvalue weighted by Crippen LogP contribution is 2.32. The van der Waals surface area contributed by atoms with Crippen molar-refractivity contribution in [3.05, 3.63) is 39.7 Å². The monoisotopic (exact) mass is 397 g/mol. The third kappa shape index (κ3) is 6.00. The van der Waals surface area contributed by atoms with E-state index >= 15 is 0 Å². The number of benzene rings is 1. The van der Waals surface area contributed by atoms with Crippen LogP contribution >= 0.6 is 0 Å². The molecule has 1 aromatic carbocycles. The minimum absolute atomic E-state index is 0.0312. The second kappa shape index (κ2) is 8.24. The molecule has 28 heavy (non-hydrogen) atoms. The van der Waals surface area contributed by atoms with Crippen LogP contribution in [0, 0.1) is 26.8 Å². The third-order valence-electron chi connectivity index (χ3n) is 3.81. The molecule has 0 bridgehead atoms. The Bertz CT molecular complexity index is 731. The van der Waals surface area contributed by atoms with Gasteiger partial charge in [-0.1, -0.05) is 47.6 Å². The maximum atomic E-state index is 14.2. The molecular weight excluding hydrogens is 369 g/mol. The quantitative estimate of drug-likeness (QED) is 0.309. The molecule has 1 rings (SSSR count). The SMILES string of the molecule is CC(C)(C)COC(=O)C(C)(C(=O)OCC(C)(C)C)c1ccc([N+](=O)[O-])c(F)c1. The predicted molar refractivity (Wildman–Crippen MR) is 101 cm³/mol. The molecule has 0 amide bonds. The van der Waals surface area contributed by atoms with Crippen LogP contribution in [0.15, 0.2) is 18.2 Å². The molecule has 0 aliphatic rings. The van der Waals surface area contributed by atoms with Gasteiger partial charge in [0.25, 0.3) is 0 Å². The Morgan fingerprint density at radius 3 is 1.71 bits per heavy atom. The van der Waals surface area contributed by atoms with Crippen molar-refractivity contribution in [1.82, 2.24) is 0 Å². The fourth-order valence-corrected chi connectivity index (χ4v) is 2.14. The first-order valence-corrected chi connectivity index (χ1v) is 8.87. The Kier molecular flexibility index (Phi) is 6.93. The number of esters is 2. The first-order valence-electron chi connectivity index (χ1n) is 8.87. The van der Waals surface area contributed by atoms with Crippen LogP contribution in [0.2, 0.25) is 0 Å². The lowest BCUT2D eigenvalue weighted by molar-refractivity contribution is -0.387. The van der Waals surface area contributed by atoms with Crippen LogP contribution in [-0.2, 0) is 24.5 Å². The molecule has 0 radical (unpaired) electrons. The predicted octanol–water partition coefficient (Wildman–Crippen LogP) is 4.17. The van der Waals surface area contributed by atoms with Crippen molar-refractivity contribution in [3.8, 4) is 0 Å². The van der Waals surface area contributed by atoms with Crippen molar-refractivity contribution in [3.63, 3.8) is 0 Å². The van der Waals surface area contributed by atoms with Gasteiger partial charge < -0.3 is 9.47 Å². The van der Waals surface area contributed by atoms with Crippen LogP contribution < -0.4 is 0 Å². The first-order chi connectivity index (χ1) is 12.6. The summed E-state index contributed by atoms with van der Waals surface area (Å²) in [4.78, 5) is 35.6. The van der Waals surface area contributed by atoms with E-state index in [2.05, 4.69) is 0 Å². The van der Waals surface area contributed by atoms with Gasteiger partial charge in [0.05, 0.1) is 18.1 Å². The van der Waals surface area contributed by atoms with E-state index in [1.54, 1.807) is 0 Å². The number of nitrogens with zero attached hydrogens (tertiary/aromatic N) is 1. The molecule has 0 atom stereocenters. The van der Waals surface area contributed by atoms with Gasteiger partial charge >= 0.3 is 17.6 Å². The van der Waals surface area contributed by atoms with Gasteiger partial charge in [-0.3, -0.25) is 19.7 Å². The lowest BCUT2D eigenvalue weighted by atomic mass is 9.82. The molecule has 0 spiro atoms. The van der Waals surface area contributed by atoms with Crippen molar-refractivity contribution in [2.24, 2.45) is 10.8 Å². The van der Waals surface area contributed by atoms with Gasteiger partial charge in [-0.2, -0.15) is 4.39 Å². The normalized spacial score (nSPS) is 12.4. The molecule has 0 aromatic heterocycles. The summed E-state index contributed by atoms with van der Waals surface area (Å²) >= 11 is 0. The zero-order valence-corrected chi connectivity index (χ0v) is 17.4. The van der Waals surface area contributed by atoms with Crippen molar-refractivity contribution >= 4 is 17.6 Å². The fraction of sp³-hybridized carbons (Fsp3) is 0.600. The zero-order chi connectivity index (χ0) is 21.9. The summed E-state index contributed by atoms with van der Waals surface area (Å²) in [6.07, 6.45) is 0. The number of ether oxygens (including phenoxy) is 2. The zero-order valence-electron chi connectivity index (χ0n) is 17.4. The summed E-state index contributed by atoms with van der Waals surface area (Å²) < 4.78 is 24.8. The third-order valence-corrected chi connectivity index (χ3v) is 3.81. The van der Waals surface area contributed by atoms with E-state index in [-0.39, 0.29) is 29.6 Å². The van der Waals surface area contributed by atoms with E-state index in [9.17, 15) is 24.1 Å². The lowest BCUT2D eigenvalue weighted by Crippen LogP contribution is -2.45. The Balaban J connectivity index is 3.34. The maximum Gasteiger partial charge on any atom is 0.327 e. The number of nitro benzene ring substituents is 1. The standard InChI is InChI=1S/C20H28FNO6/c1-18(2,3)11-27-16(23)20(7,17(24)28-12-19(4,5)6)13-8-9-15(22(25)26)14(21)10-13/h8-10H,11-12H2,1-7H3. The van der Waals surface area contributed by atoms with Crippen molar-refractivity contribution in [2.75, 3.05) is 13.2 Å². The van der Waals surface area contributed by atoms with Crippen LogP contribution in [0.4, 0.5) is 10.1 Å². The van der Waals surface area contributed by atoms with Gasteiger partial charge in [0, 0.05) is 6.07 Å². The Hall–Kier alpha value is -2.51. The number of rotatable bonds is 6. The molecule has 0 saturated heterocycles. The molecule has 7 nitrogen and oxygen atoms in total. The van der Waals surface area contributed by atoms with E-state index in [4.69, 9.17) is 9.47 Å². The molecular formula is C20H28FNO6. The van der Waals surface area contributed by atoms with Crippen LogP contribution in [0.5, 0.6) is 0 Å². The number of carbonyl (C=O) groups is 2. The molecule has 8 heteroatoms. The summed E-state index contributed by atoms with van der Waals surface area (Å²) in [5.41, 5.74) is -3.50. The van der Waals surface area contributed by atoms with E-state index < -0.39 is 33.8 Å². The average Bonchev–Trinajstić information content (AvgIpc) is 2.54. The van der Waals surface area contributed by atoms with Gasteiger partial charge in [-0.05, 0) is 29.4 Å². The Morgan fingerprint density at radius 2 is 1.39 bits per heavy atom. The van der Waals surface area contributed by atoms with Gasteiger partial charge in [0.1, 0.15) is 0 Å². The fourth-order valence-electron chi connectivity index (χ4n) is 2.14. The van der Waals surface area contributed by atoms with Crippen molar-refractivity contribution in [2.45, 2.75) is 53.9 Å². The van der Waals surface area contributed by atoms with E-state index in [1.165, 1.54) is 6.92 Å². The molecule has 0 heterocycles. The van der Waals surface area contributed by atoms with Gasteiger partial charge in [-0.25, -0.2) is 0 Å². The highest BCUT2D eigenvalue weighted by atomic mass is 19.1. The van der Waals surface area contributed by atoms with E-state index in [1.807, 2.05) is 41.5 Å². The minimum Gasteiger partial charge on any atom is -0.464 e. The van der Waals surface area contributed by atoms with Gasteiger partial charge in [0.15, 0.2) is 5.41 Å². The van der Waals surface area contributed by atoms with Crippen LogP contribution in [0.3, 0.4) is 0 Å². The number of halogens is 1. The lowest BCUT2D eigenvalue weighted by Gasteiger charge is -2.29. The molecule has 0 aliphatic heterocycles. The summed E-state index contributed by atoms with van der Waals surface area (Å²) in [7, 11) is 0. The molecule has 0 unspecified atom stereocenters. The molecule has 0 aliphatic carbocycles. The topological polar surface area (TPSA) is 95.7 Å². The van der Waals surface area contributed by atoms with Crippen LogP contribution in [-0.4, -0.2) is 30.1 Å². The number of hydrogen-bond acceptors (Lipinski definition) is 6. The number of carbonyl (C=O) groups excluding carboxylic acids is 2.